The predicted molar refractivity (Wildman–Crippen MR) is 87.9 cm³/mol. The van der Waals surface area contributed by atoms with E-state index in [0.717, 1.165) is 19.5 Å². The molecule has 2 unspecified atom stereocenters. The van der Waals surface area contributed by atoms with Crippen LogP contribution in [-0.2, 0) is 0 Å². The van der Waals surface area contributed by atoms with Gasteiger partial charge in [0.25, 0.3) is 11.6 Å². The fraction of sp³-hybridized carbons (Fsp3) is 0.429. The van der Waals surface area contributed by atoms with E-state index in [-0.39, 0.29) is 35.7 Å². The fourth-order valence-corrected chi connectivity index (χ4v) is 2.75. The first-order valence-electron chi connectivity index (χ1n) is 7.20. The second-order valence-corrected chi connectivity index (χ2v) is 5.61. The van der Waals surface area contributed by atoms with Crippen LogP contribution in [0.1, 0.15) is 23.8 Å². The van der Waals surface area contributed by atoms with Gasteiger partial charge < -0.3 is 10.6 Å². The minimum atomic E-state index is -0.483. The van der Waals surface area contributed by atoms with Gasteiger partial charge in [0.1, 0.15) is 0 Å². The van der Waals surface area contributed by atoms with E-state index in [1.54, 1.807) is 6.07 Å². The van der Waals surface area contributed by atoms with Crippen molar-refractivity contribution in [2.24, 2.45) is 5.92 Å². The van der Waals surface area contributed by atoms with E-state index in [1.165, 1.54) is 12.1 Å². The molecule has 1 aromatic heterocycles. The van der Waals surface area contributed by atoms with Crippen LogP contribution in [0.25, 0.3) is 10.9 Å². The van der Waals surface area contributed by atoms with Crippen molar-refractivity contribution in [1.82, 2.24) is 20.8 Å². The molecule has 124 valence electrons. The third-order valence-electron chi connectivity index (χ3n) is 4.07. The molecule has 0 aliphatic carbocycles. The maximum atomic E-state index is 12.4. The van der Waals surface area contributed by atoms with Gasteiger partial charge in [-0.2, -0.15) is 5.10 Å². The quantitative estimate of drug-likeness (QED) is 0.581. The van der Waals surface area contributed by atoms with Gasteiger partial charge in [-0.3, -0.25) is 20.0 Å². The third kappa shape index (κ3) is 3.43. The van der Waals surface area contributed by atoms with Gasteiger partial charge in [-0.05, 0) is 31.5 Å². The fourth-order valence-electron chi connectivity index (χ4n) is 2.75. The van der Waals surface area contributed by atoms with Crippen molar-refractivity contribution in [3.63, 3.8) is 0 Å². The van der Waals surface area contributed by atoms with E-state index in [1.807, 2.05) is 0 Å². The normalized spacial score (nSPS) is 20.7. The minimum Gasteiger partial charge on any atom is -0.348 e. The number of rotatable bonds is 3. The highest BCUT2D eigenvalue weighted by Gasteiger charge is 2.25. The summed E-state index contributed by atoms with van der Waals surface area (Å²) in [6, 6.07) is 4.40. The number of piperidine rings is 1. The number of nitrogens with one attached hydrogen (secondary N) is 3. The molecule has 0 saturated carbocycles. The molecule has 23 heavy (non-hydrogen) atoms. The van der Waals surface area contributed by atoms with Crippen LogP contribution in [-0.4, -0.2) is 40.2 Å². The number of non-ortho nitro benzene ring substituents is 1. The number of hydrogen-bond acceptors (Lipinski definition) is 5. The first-order chi connectivity index (χ1) is 10.6. The number of nitrogens with zero attached hydrogens (tertiary/aromatic N) is 2. The first kappa shape index (κ1) is 17.2. The molecule has 0 spiro atoms. The second-order valence-electron chi connectivity index (χ2n) is 5.61. The number of fused-ring (bicyclic) bond motifs is 1. The lowest BCUT2D eigenvalue weighted by Gasteiger charge is -2.29. The molecular formula is C14H18ClN5O3. The van der Waals surface area contributed by atoms with Crippen molar-refractivity contribution in [3.8, 4) is 0 Å². The van der Waals surface area contributed by atoms with Crippen LogP contribution in [0.15, 0.2) is 18.2 Å². The Hall–Kier alpha value is -2.19. The molecular weight excluding hydrogens is 322 g/mol. The average molecular weight is 340 g/mol. The summed E-state index contributed by atoms with van der Waals surface area (Å²) >= 11 is 0. The molecule has 0 bridgehead atoms. The average Bonchev–Trinajstić information content (AvgIpc) is 2.92. The van der Waals surface area contributed by atoms with E-state index in [4.69, 9.17) is 0 Å². The van der Waals surface area contributed by atoms with Gasteiger partial charge in [-0.1, -0.05) is 6.92 Å². The van der Waals surface area contributed by atoms with Crippen molar-refractivity contribution in [1.29, 1.82) is 0 Å². The summed E-state index contributed by atoms with van der Waals surface area (Å²) in [4.78, 5) is 22.8. The number of nitro groups is 1. The number of carbonyl (C=O) groups is 1. The van der Waals surface area contributed by atoms with Crippen LogP contribution in [0.3, 0.4) is 0 Å². The van der Waals surface area contributed by atoms with E-state index < -0.39 is 4.92 Å². The lowest BCUT2D eigenvalue weighted by Crippen LogP contribution is -2.48. The number of nitro benzene ring substituents is 1. The standard InChI is InChI=1S/C14H17N5O3.ClH/c1-8-7-15-5-4-11(8)16-14(20)13-10-6-9(19(21)22)2-3-12(10)17-18-13;/h2-3,6,8,11,15H,4-5,7H2,1H3,(H,16,20)(H,17,18);1H. The summed E-state index contributed by atoms with van der Waals surface area (Å²) in [7, 11) is 0. The highest BCUT2D eigenvalue weighted by molar-refractivity contribution is 6.05. The Labute approximate surface area is 138 Å². The molecule has 2 aromatic rings. The van der Waals surface area contributed by atoms with Crippen molar-refractivity contribution >= 4 is 34.9 Å². The molecule has 0 radical (unpaired) electrons. The Morgan fingerprint density at radius 2 is 2.26 bits per heavy atom. The van der Waals surface area contributed by atoms with Gasteiger partial charge in [0, 0.05) is 23.6 Å². The largest absolute Gasteiger partial charge is 0.348 e. The number of hydrogen-bond donors (Lipinski definition) is 3. The molecule has 3 rings (SSSR count). The van der Waals surface area contributed by atoms with Crippen LogP contribution in [0, 0.1) is 16.0 Å². The molecule has 3 N–H and O–H groups in total. The molecule has 9 heteroatoms. The van der Waals surface area contributed by atoms with E-state index in [2.05, 4.69) is 27.8 Å². The minimum absolute atomic E-state index is 0. The van der Waals surface area contributed by atoms with Crippen molar-refractivity contribution in [3.05, 3.63) is 34.0 Å². The summed E-state index contributed by atoms with van der Waals surface area (Å²) < 4.78 is 0. The highest BCUT2D eigenvalue weighted by Crippen LogP contribution is 2.22. The van der Waals surface area contributed by atoms with Crippen LogP contribution in [0.2, 0.25) is 0 Å². The van der Waals surface area contributed by atoms with E-state index >= 15 is 0 Å². The maximum Gasteiger partial charge on any atom is 0.272 e. The number of aromatic nitrogens is 2. The van der Waals surface area contributed by atoms with Gasteiger partial charge in [-0.25, -0.2) is 0 Å². The number of halogens is 1. The zero-order valence-electron chi connectivity index (χ0n) is 12.5. The van der Waals surface area contributed by atoms with Gasteiger partial charge in [0.15, 0.2) is 5.69 Å². The topological polar surface area (TPSA) is 113 Å². The number of aromatic amines is 1. The van der Waals surface area contributed by atoms with Crippen LogP contribution < -0.4 is 10.6 Å². The Morgan fingerprint density at radius 3 is 2.96 bits per heavy atom. The van der Waals surface area contributed by atoms with Gasteiger partial charge in [0.05, 0.1) is 10.4 Å². The SMILES string of the molecule is CC1CNCCC1NC(=O)c1n[nH]c2ccc([N+](=O)[O-])cc12.Cl. The molecule has 8 nitrogen and oxygen atoms in total. The van der Waals surface area contributed by atoms with Crippen LogP contribution in [0.4, 0.5) is 5.69 Å². The molecule has 1 aliphatic heterocycles. The molecule has 1 aromatic carbocycles. The number of amides is 1. The van der Waals surface area contributed by atoms with Gasteiger partial charge in [0.2, 0.25) is 0 Å². The molecule has 2 atom stereocenters. The number of benzene rings is 1. The monoisotopic (exact) mass is 339 g/mol. The molecule has 1 fully saturated rings. The van der Waals surface area contributed by atoms with Gasteiger partial charge in [-0.15, -0.1) is 12.4 Å². The van der Waals surface area contributed by atoms with Crippen LogP contribution in [0.5, 0.6) is 0 Å². The zero-order chi connectivity index (χ0) is 15.7. The van der Waals surface area contributed by atoms with Gasteiger partial charge >= 0.3 is 0 Å². The molecule has 1 aliphatic rings. The summed E-state index contributed by atoms with van der Waals surface area (Å²) in [5.74, 6) is 0.0303. The highest BCUT2D eigenvalue weighted by atomic mass is 35.5. The smallest absolute Gasteiger partial charge is 0.272 e. The van der Waals surface area contributed by atoms with Crippen LogP contribution >= 0.6 is 12.4 Å². The van der Waals surface area contributed by atoms with Crippen molar-refractivity contribution in [2.45, 2.75) is 19.4 Å². The summed E-state index contributed by atoms with van der Waals surface area (Å²) in [6.07, 6.45) is 0.857. The summed E-state index contributed by atoms with van der Waals surface area (Å²) in [5.41, 5.74) is 0.747. The molecule has 1 amide bonds. The summed E-state index contributed by atoms with van der Waals surface area (Å²) in [5, 5.41) is 24.3. The number of H-pyrrole nitrogens is 1. The number of carbonyl (C=O) groups excluding carboxylic acids is 1. The van der Waals surface area contributed by atoms with Crippen molar-refractivity contribution in [2.75, 3.05) is 13.1 Å². The predicted octanol–water partition coefficient (Wildman–Crippen LogP) is 1.62. The first-order valence-corrected chi connectivity index (χ1v) is 7.20. The lowest BCUT2D eigenvalue weighted by molar-refractivity contribution is -0.384. The van der Waals surface area contributed by atoms with E-state index in [9.17, 15) is 14.9 Å². The van der Waals surface area contributed by atoms with Crippen molar-refractivity contribution < 1.29 is 9.72 Å². The Balaban J connectivity index is 0.00000192. The maximum absolute atomic E-state index is 12.4. The second kappa shape index (κ2) is 6.93. The Bertz CT molecular complexity index is 732. The van der Waals surface area contributed by atoms with E-state index in [0.29, 0.717) is 16.8 Å². The Kier molecular flexibility index (Phi) is 5.17. The summed E-state index contributed by atoms with van der Waals surface area (Å²) in [6.45, 7) is 3.80. The Morgan fingerprint density at radius 1 is 1.48 bits per heavy atom. The zero-order valence-corrected chi connectivity index (χ0v) is 13.4. The molecule has 2 heterocycles. The third-order valence-corrected chi connectivity index (χ3v) is 4.07. The lowest BCUT2D eigenvalue weighted by atomic mass is 9.95. The molecule has 1 saturated heterocycles.